The van der Waals surface area contributed by atoms with Gasteiger partial charge in [0.05, 0.1) is 17.5 Å². The Morgan fingerprint density at radius 1 is 1.40 bits per heavy atom. The van der Waals surface area contributed by atoms with Gasteiger partial charge in [0.2, 0.25) is 5.91 Å². The van der Waals surface area contributed by atoms with Crippen molar-refractivity contribution in [1.82, 2.24) is 15.1 Å². The van der Waals surface area contributed by atoms with Crippen LogP contribution in [-0.2, 0) is 11.3 Å². The Kier molecular flexibility index (Phi) is 5.35. The topological polar surface area (TPSA) is 77.1 Å². The van der Waals surface area contributed by atoms with Gasteiger partial charge >= 0.3 is 5.76 Å². The molecule has 3 rings (SSSR count). The van der Waals surface area contributed by atoms with Gasteiger partial charge in [0.1, 0.15) is 0 Å². The first-order valence-corrected chi connectivity index (χ1v) is 8.95. The van der Waals surface area contributed by atoms with Gasteiger partial charge in [-0.1, -0.05) is 29.8 Å². The van der Waals surface area contributed by atoms with Gasteiger partial charge in [-0.3, -0.25) is 4.79 Å². The van der Waals surface area contributed by atoms with Gasteiger partial charge in [-0.25, -0.2) is 4.79 Å². The van der Waals surface area contributed by atoms with Gasteiger partial charge in [0.25, 0.3) is 5.89 Å². The van der Waals surface area contributed by atoms with E-state index >= 15 is 0 Å². The molecule has 0 aliphatic heterocycles. The number of carbonyl (C=O) groups excluding carboxylic acids is 1. The summed E-state index contributed by atoms with van der Waals surface area (Å²) in [4.78, 5) is 24.7. The standard InChI is InChI=1S/C17H16ClN3O3S/c1-11(12-4-2-5-13(18)10-12)19-15(22)7-8-21-17(23)24-16(20-21)14-6-3-9-25-14/h2-6,9-11H,7-8H2,1H3,(H,19,22). The monoisotopic (exact) mass is 377 g/mol. The molecular formula is C17H16ClN3O3S. The minimum atomic E-state index is -0.570. The molecule has 2 aromatic heterocycles. The van der Waals surface area contributed by atoms with Gasteiger partial charge in [0.15, 0.2) is 0 Å². The third kappa shape index (κ3) is 4.37. The molecule has 130 valence electrons. The van der Waals surface area contributed by atoms with Crippen molar-refractivity contribution in [2.75, 3.05) is 0 Å². The van der Waals surface area contributed by atoms with Crippen LogP contribution in [0.4, 0.5) is 0 Å². The van der Waals surface area contributed by atoms with E-state index in [-0.39, 0.29) is 30.8 Å². The first-order chi connectivity index (χ1) is 12.0. The minimum Gasteiger partial charge on any atom is -0.387 e. The molecule has 2 heterocycles. The van der Waals surface area contributed by atoms with Crippen LogP contribution < -0.4 is 11.1 Å². The third-order valence-corrected chi connectivity index (χ3v) is 4.71. The van der Waals surface area contributed by atoms with Crippen LogP contribution in [-0.4, -0.2) is 15.7 Å². The van der Waals surface area contributed by atoms with Crippen molar-refractivity contribution in [3.8, 4) is 10.8 Å². The number of aryl methyl sites for hydroxylation is 1. The van der Waals surface area contributed by atoms with Crippen LogP contribution >= 0.6 is 22.9 Å². The molecule has 1 N–H and O–H groups in total. The van der Waals surface area contributed by atoms with Crippen LogP contribution in [0.2, 0.25) is 5.02 Å². The Hall–Kier alpha value is -2.38. The smallest absolute Gasteiger partial charge is 0.387 e. The van der Waals surface area contributed by atoms with Crippen molar-refractivity contribution in [2.45, 2.75) is 25.9 Å². The predicted molar refractivity (Wildman–Crippen MR) is 96.7 cm³/mol. The molecule has 0 bridgehead atoms. The van der Waals surface area contributed by atoms with Gasteiger partial charge in [-0.15, -0.1) is 16.4 Å². The number of thiophene rings is 1. The van der Waals surface area contributed by atoms with Crippen molar-refractivity contribution in [3.63, 3.8) is 0 Å². The minimum absolute atomic E-state index is 0.126. The van der Waals surface area contributed by atoms with Crippen molar-refractivity contribution >= 4 is 28.8 Å². The number of benzene rings is 1. The first kappa shape index (κ1) is 17.4. The SMILES string of the molecule is CC(NC(=O)CCn1nc(-c2cccs2)oc1=O)c1cccc(Cl)c1. The second-order valence-electron chi connectivity index (χ2n) is 5.47. The van der Waals surface area contributed by atoms with E-state index in [2.05, 4.69) is 10.4 Å². The van der Waals surface area contributed by atoms with Crippen LogP contribution in [0.3, 0.4) is 0 Å². The van der Waals surface area contributed by atoms with Crippen molar-refractivity contribution in [2.24, 2.45) is 0 Å². The van der Waals surface area contributed by atoms with E-state index in [1.54, 1.807) is 6.07 Å². The summed E-state index contributed by atoms with van der Waals surface area (Å²) in [6.07, 6.45) is 0.126. The molecule has 0 radical (unpaired) electrons. The van der Waals surface area contributed by atoms with Crippen LogP contribution in [0, 0.1) is 0 Å². The number of nitrogens with zero attached hydrogens (tertiary/aromatic N) is 2. The number of hydrogen-bond acceptors (Lipinski definition) is 5. The van der Waals surface area contributed by atoms with Crippen LogP contribution in [0.5, 0.6) is 0 Å². The molecule has 1 unspecified atom stereocenters. The van der Waals surface area contributed by atoms with Crippen molar-refractivity contribution in [1.29, 1.82) is 0 Å². The maximum absolute atomic E-state index is 12.1. The Balaban J connectivity index is 1.58. The molecule has 0 saturated heterocycles. The van der Waals surface area contributed by atoms with Crippen LogP contribution in [0.1, 0.15) is 24.9 Å². The average molecular weight is 378 g/mol. The average Bonchev–Trinajstić information content (AvgIpc) is 3.22. The Morgan fingerprint density at radius 2 is 2.24 bits per heavy atom. The quantitative estimate of drug-likeness (QED) is 0.713. The lowest BCUT2D eigenvalue weighted by Gasteiger charge is -2.14. The van der Waals surface area contributed by atoms with Gasteiger partial charge in [-0.2, -0.15) is 4.68 Å². The van der Waals surface area contributed by atoms with E-state index in [1.807, 2.05) is 42.6 Å². The number of hydrogen-bond donors (Lipinski definition) is 1. The molecular weight excluding hydrogens is 362 g/mol. The molecule has 1 atom stereocenters. The summed E-state index contributed by atoms with van der Waals surface area (Å²) in [6, 6.07) is 10.8. The van der Waals surface area contributed by atoms with Gasteiger partial charge < -0.3 is 9.73 Å². The van der Waals surface area contributed by atoms with Crippen molar-refractivity contribution in [3.05, 3.63) is 62.9 Å². The molecule has 0 aliphatic carbocycles. The molecule has 8 heteroatoms. The summed E-state index contributed by atoms with van der Waals surface area (Å²) >= 11 is 7.39. The highest BCUT2D eigenvalue weighted by molar-refractivity contribution is 7.13. The Morgan fingerprint density at radius 3 is 2.96 bits per heavy atom. The van der Waals surface area contributed by atoms with Crippen LogP contribution in [0.15, 0.2) is 51.0 Å². The van der Waals surface area contributed by atoms with Crippen LogP contribution in [0.25, 0.3) is 10.8 Å². The molecule has 25 heavy (non-hydrogen) atoms. The fourth-order valence-corrected chi connectivity index (χ4v) is 3.17. The number of aromatic nitrogens is 2. The second kappa shape index (κ2) is 7.67. The molecule has 0 saturated carbocycles. The maximum atomic E-state index is 12.1. The lowest BCUT2D eigenvalue weighted by molar-refractivity contribution is -0.122. The number of nitrogens with one attached hydrogen (secondary N) is 1. The highest BCUT2D eigenvalue weighted by Gasteiger charge is 2.14. The summed E-state index contributed by atoms with van der Waals surface area (Å²) < 4.78 is 6.28. The molecule has 0 spiro atoms. The van der Waals surface area contributed by atoms with E-state index in [0.717, 1.165) is 10.4 Å². The fourth-order valence-electron chi connectivity index (χ4n) is 2.33. The zero-order valence-electron chi connectivity index (χ0n) is 13.4. The maximum Gasteiger partial charge on any atom is 0.437 e. The molecule has 6 nitrogen and oxygen atoms in total. The molecule has 1 aromatic carbocycles. The molecule has 0 fully saturated rings. The Bertz CT molecular complexity index is 917. The normalized spacial score (nSPS) is 12.1. The number of carbonyl (C=O) groups is 1. The van der Waals surface area contributed by atoms with E-state index < -0.39 is 5.76 Å². The summed E-state index contributed by atoms with van der Waals surface area (Å²) in [5.74, 6) is -0.480. The van der Waals surface area contributed by atoms with E-state index in [9.17, 15) is 9.59 Å². The third-order valence-electron chi connectivity index (χ3n) is 3.62. The van der Waals surface area contributed by atoms with E-state index in [1.165, 1.54) is 16.0 Å². The van der Waals surface area contributed by atoms with Crippen molar-refractivity contribution < 1.29 is 9.21 Å². The lowest BCUT2D eigenvalue weighted by Crippen LogP contribution is -2.28. The summed E-state index contributed by atoms with van der Waals surface area (Å²) in [5.41, 5.74) is 0.916. The van der Waals surface area contributed by atoms with Gasteiger partial charge in [-0.05, 0) is 36.1 Å². The molecule has 0 aliphatic rings. The molecule has 1 amide bonds. The zero-order valence-corrected chi connectivity index (χ0v) is 15.0. The number of halogens is 1. The molecule has 3 aromatic rings. The van der Waals surface area contributed by atoms with Gasteiger partial charge in [0, 0.05) is 11.4 Å². The summed E-state index contributed by atoms with van der Waals surface area (Å²) in [5, 5.41) is 9.50. The zero-order chi connectivity index (χ0) is 17.8. The number of amides is 1. The Labute approximate surface area is 153 Å². The number of rotatable bonds is 6. The van der Waals surface area contributed by atoms with E-state index in [0.29, 0.717) is 5.02 Å². The lowest BCUT2D eigenvalue weighted by atomic mass is 10.1. The highest BCUT2D eigenvalue weighted by atomic mass is 35.5. The second-order valence-corrected chi connectivity index (χ2v) is 6.85. The largest absolute Gasteiger partial charge is 0.437 e. The summed E-state index contributed by atoms with van der Waals surface area (Å²) in [6.45, 7) is 2.03. The summed E-state index contributed by atoms with van der Waals surface area (Å²) in [7, 11) is 0. The predicted octanol–water partition coefficient (Wildman–Crippen LogP) is 3.49. The van der Waals surface area contributed by atoms with E-state index in [4.69, 9.17) is 16.0 Å². The highest BCUT2D eigenvalue weighted by Crippen LogP contribution is 2.21. The first-order valence-electron chi connectivity index (χ1n) is 7.69. The fraction of sp³-hybridized carbons (Fsp3) is 0.235.